The number of rotatable bonds is 6. The van der Waals surface area contributed by atoms with Crippen LogP contribution < -0.4 is 10.6 Å². The fourth-order valence-corrected chi connectivity index (χ4v) is 5.21. The summed E-state index contributed by atoms with van der Waals surface area (Å²) in [4.78, 5) is 38.2. The van der Waals surface area contributed by atoms with Gasteiger partial charge in [-0.25, -0.2) is 0 Å². The number of amides is 3. The normalized spacial score (nSPS) is 27.7. The van der Waals surface area contributed by atoms with Gasteiger partial charge in [0.1, 0.15) is 6.04 Å². The minimum atomic E-state index is -0.548. The van der Waals surface area contributed by atoms with E-state index in [-0.39, 0.29) is 24.1 Å². The van der Waals surface area contributed by atoms with E-state index in [2.05, 4.69) is 36.6 Å². The predicted octanol–water partition coefficient (Wildman–Crippen LogP) is 2.94. The van der Waals surface area contributed by atoms with Crippen molar-refractivity contribution >= 4 is 17.7 Å². The highest BCUT2D eigenvalue weighted by molar-refractivity contribution is 6.05. The Bertz CT molecular complexity index is 837. The van der Waals surface area contributed by atoms with Gasteiger partial charge in [-0.1, -0.05) is 31.9 Å². The molecule has 30 heavy (non-hydrogen) atoms. The lowest BCUT2D eigenvalue weighted by Crippen LogP contribution is -2.52. The summed E-state index contributed by atoms with van der Waals surface area (Å²) in [5, 5.41) is 6.19. The molecule has 3 amide bonds. The van der Waals surface area contributed by atoms with Gasteiger partial charge in [-0.05, 0) is 62.1 Å². The first-order chi connectivity index (χ1) is 14.5. The van der Waals surface area contributed by atoms with E-state index in [4.69, 9.17) is 0 Å². The van der Waals surface area contributed by atoms with Crippen molar-refractivity contribution in [2.24, 2.45) is 5.92 Å². The van der Waals surface area contributed by atoms with E-state index in [0.29, 0.717) is 36.5 Å². The second kappa shape index (κ2) is 8.88. The molecule has 2 heterocycles. The Hall–Kier alpha value is -2.21. The highest BCUT2D eigenvalue weighted by atomic mass is 16.2. The van der Waals surface area contributed by atoms with Crippen molar-refractivity contribution in [2.45, 2.75) is 89.9 Å². The number of piperidine rings is 1. The Kier molecular flexibility index (Phi) is 6.23. The average Bonchev–Trinajstić information content (AvgIpc) is 3.05. The van der Waals surface area contributed by atoms with Gasteiger partial charge in [-0.2, -0.15) is 0 Å². The number of hydrogen-bond donors (Lipinski definition) is 2. The molecule has 1 unspecified atom stereocenters. The van der Waals surface area contributed by atoms with Gasteiger partial charge in [0.05, 0.1) is 0 Å². The van der Waals surface area contributed by atoms with Crippen LogP contribution in [0.25, 0.3) is 0 Å². The number of imide groups is 1. The molecule has 1 aromatic rings. The maximum atomic E-state index is 12.9. The smallest absolute Gasteiger partial charge is 0.255 e. The molecule has 1 aliphatic carbocycles. The third-order valence-electron chi connectivity index (χ3n) is 7.11. The zero-order chi connectivity index (χ0) is 21.3. The molecule has 1 saturated heterocycles. The van der Waals surface area contributed by atoms with Gasteiger partial charge in [-0.15, -0.1) is 0 Å². The van der Waals surface area contributed by atoms with Crippen molar-refractivity contribution in [2.75, 3.05) is 0 Å². The van der Waals surface area contributed by atoms with E-state index in [9.17, 15) is 14.4 Å². The average molecular weight is 412 g/mol. The first-order valence-electron chi connectivity index (χ1n) is 11.5. The lowest BCUT2D eigenvalue weighted by Gasteiger charge is -2.34. The Labute approximate surface area is 178 Å². The molecule has 3 aliphatic rings. The number of fused-ring (bicyclic) bond motifs is 1. The van der Waals surface area contributed by atoms with Gasteiger partial charge in [0, 0.05) is 30.6 Å². The minimum Gasteiger partial charge on any atom is -0.322 e. The van der Waals surface area contributed by atoms with E-state index >= 15 is 0 Å². The monoisotopic (exact) mass is 411 g/mol. The van der Waals surface area contributed by atoms with Crippen molar-refractivity contribution in [3.63, 3.8) is 0 Å². The van der Waals surface area contributed by atoms with Crippen LogP contribution in [0.1, 0.15) is 80.3 Å². The molecule has 0 bridgehead atoms. The summed E-state index contributed by atoms with van der Waals surface area (Å²) in [5.41, 5.74) is 2.97. The van der Waals surface area contributed by atoms with Crippen molar-refractivity contribution in [1.29, 1.82) is 0 Å². The summed E-state index contributed by atoms with van der Waals surface area (Å²) in [5.74, 6) is -0.0845. The quantitative estimate of drug-likeness (QED) is 0.706. The van der Waals surface area contributed by atoms with Gasteiger partial charge in [-0.3, -0.25) is 19.7 Å². The van der Waals surface area contributed by atoms with Crippen LogP contribution in [0.4, 0.5) is 0 Å². The van der Waals surface area contributed by atoms with E-state index in [1.54, 1.807) is 4.90 Å². The first kappa shape index (κ1) is 21.0. The number of nitrogens with one attached hydrogen (secondary N) is 2. The van der Waals surface area contributed by atoms with E-state index in [1.165, 1.54) is 31.2 Å². The molecule has 162 valence electrons. The molecule has 6 nitrogen and oxygen atoms in total. The molecular formula is C24H33N3O3. The van der Waals surface area contributed by atoms with Crippen LogP contribution in [0.2, 0.25) is 0 Å². The molecule has 2 aliphatic heterocycles. The van der Waals surface area contributed by atoms with Crippen molar-refractivity contribution in [3.8, 4) is 0 Å². The van der Waals surface area contributed by atoms with Crippen LogP contribution in [0, 0.1) is 5.92 Å². The molecule has 0 spiro atoms. The van der Waals surface area contributed by atoms with Crippen molar-refractivity contribution < 1.29 is 14.4 Å². The Balaban J connectivity index is 1.46. The summed E-state index contributed by atoms with van der Waals surface area (Å²) >= 11 is 0. The summed E-state index contributed by atoms with van der Waals surface area (Å²) in [6.45, 7) is 4.94. The van der Waals surface area contributed by atoms with E-state index < -0.39 is 6.04 Å². The van der Waals surface area contributed by atoms with Crippen LogP contribution in [0.15, 0.2) is 18.2 Å². The highest BCUT2D eigenvalue weighted by Crippen LogP contribution is 2.32. The maximum Gasteiger partial charge on any atom is 0.255 e. The Morgan fingerprint density at radius 1 is 1.17 bits per heavy atom. The lowest BCUT2D eigenvalue weighted by molar-refractivity contribution is -0.136. The molecule has 1 aromatic carbocycles. The number of carbonyl (C=O) groups is 3. The predicted molar refractivity (Wildman–Crippen MR) is 115 cm³/mol. The molecule has 0 aromatic heterocycles. The Morgan fingerprint density at radius 2 is 1.97 bits per heavy atom. The molecule has 1 saturated carbocycles. The Morgan fingerprint density at radius 3 is 2.73 bits per heavy atom. The summed E-state index contributed by atoms with van der Waals surface area (Å²) < 4.78 is 0. The van der Waals surface area contributed by atoms with Crippen LogP contribution in [-0.2, 0) is 22.6 Å². The summed E-state index contributed by atoms with van der Waals surface area (Å²) in [6.07, 6.45) is 7.92. The van der Waals surface area contributed by atoms with E-state index in [1.807, 2.05) is 6.07 Å². The fourth-order valence-electron chi connectivity index (χ4n) is 5.21. The molecule has 2 fully saturated rings. The number of carbonyl (C=O) groups excluding carboxylic acids is 3. The largest absolute Gasteiger partial charge is 0.322 e. The van der Waals surface area contributed by atoms with Crippen LogP contribution >= 0.6 is 0 Å². The SMILES string of the molecule is CC[C@@H](C)N[C@H]1CCCC[C@@H]1Cc1ccc2c(c1)CN(C1CCC(=O)NC1=O)C2=O. The van der Waals surface area contributed by atoms with Crippen molar-refractivity contribution in [1.82, 2.24) is 15.5 Å². The third-order valence-corrected chi connectivity index (χ3v) is 7.11. The first-order valence-corrected chi connectivity index (χ1v) is 11.5. The second-order valence-corrected chi connectivity index (χ2v) is 9.22. The van der Waals surface area contributed by atoms with Crippen LogP contribution in [0.3, 0.4) is 0 Å². The zero-order valence-electron chi connectivity index (χ0n) is 18.1. The standard InChI is InChI=1S/C24H33N3O3/c1-3-15(2)25-20-7-5-4-6-17(20)12-16-8-9-19-18(13-16)14-27(24(19)30)21-10-11-22(28)26-23(21)29/h8-9,13,15,17,20-21,25H,3-7,10-12,14H2,1-2H3,(H,26,28,29)/t15-,17-,20+,21?/m1/s1. The molecule has 4 atom stereocenters. The second-order valence-electron chi connectivity index (χ2n) is 9.22. The molecule has 0 radical (unpaired) electrons. The number of nitrogens with zero attached hydrogens (tertiary/aromatic N) is 1. The third kappa shape index (κ3) is 4.29. The maximum absolute atomic E-state index is 12.9. The molecule has 6 heteroatoms. The van der Waals surface area contributed by atoms with Crippen LogP contribution in [0.5, 0.6) is 0 Å². The molecule has 4 rings (SSSR count). The summed E-state index contributed by atoms with van der Waals surface area (Å²) in [6, 6.07) is 6.72. The highest BCUT2D eigenvalue weighted by Gasteiger charge is 2.39. The minimum absolute atomic E-state index is 0.0972. The number of hydrogen-bond acceptors (Lipinski definition) is 4. The van der Waals surface area contributed by atoms with Gasteiger partial charge in [0.15, 0.2) is 0 Å². The fraction of sp³-hybridized carbons (Fsp3) is 0.625. The lowest BCUT2D eigenvalue weighted by atomic mass is 9.80. The van der Waals surface area contributed by atoms with Crippen LogP contribution in [-0.4, -0.2) is 40.7 Å². The summed E-state index contributed by atoms with van der Waals surface area (Å²) in [7, 11) is 0. The molecular weight excluding hydrogens is 378 g/mol. The molecule has 2 N–H and O–H groups in total. The van der Waals surface area contributed by atoms with Gasteiger partial charge in [0.2, 0.25) is 11.8 Å². The number of benzene rings is 1. The van der Waals surface area contributed by atoms with E-state index in [0.717, 1.165) is 18.4 Å². The van der Waals surface area contributed by atoms with Gasteiger partial charge in [0.25, 0.3) is 5.91 Å². The van der Waals surface area contributed by atoms with Gasteiger partial charge < -0.3 is 10.2 Å². The van der Waals surface area contributed by atoms with Crippen molar-refractivity contribution in [3.05, 3.63) is 34.9 Å². The van der Waals surface area contributed by atoms with Gasteiger partial charge >= 0.3 is 0 Å². The topological polar surface area (TPSA) is 78.5 Å². The zero-order valence-corrected chi connectivity index (χ0v) is 18.1.